The lowest BCUT2D eigenvalue weighted by atomic mass is 10.1. The van der Waals surface area contributed by atoms with Gasteiger partial charge in [0.15, 0.2) is 0 Å². The average molecular weight is 226 g/mol. The SMILES string of the molecule is COCCc1nc(=S)c2c([nH]1)CCOC2. The summed E-state index contributed by atoms with van der Waals surface area (Å²) in [5.74, 6) is 0.905. The van der Waals surface area contributed by atoms with Gasteiger partial charge in [-0.2, -0.15) is 0 Å². The fraction of sp³-hybridized carbons (Fsp3) is 0.600. The Bertz CT molecular complexity index is 403. The molecule has 2 rings (SSSR count). The Kier molecular flexibility index (Phi) is 3.45. The minimum atomic E-state index is 0.586. The van der Waals surface area contributed by atoms with Crippen LogP contribution in [-0.4, -0.2) is 30.3 Å². The summed E-state index contributed by atoms with van der Waals surface area (Å²) in [5.41, 5.74) is 2.21. The molecule has 0 saturated heterocycles. The molecule has 0 spiro atoms. The number of aromatic amines is 1. The van der Waals surface area contributed by atoms with Crippen LogP contribution in [0.4, 0.5) is 0 Å². The first kappa shape index (κ1) is 10.7. The van der Waals surface area contributed by atoms with Crippen molar-refractivity contribution in [3.05, 3.63) is 21.7 Å². The minimum Gasteiger partial charge on any atom is -0.384 e. The first-order chi connectivity index (χ1) is 7.31. The molecule has 0 bridgehead atoms. The monoisotopic (exact) mass is 226 g/mol. The number of H-pyrrole nitrogens is 1. The van der Waals surface area contributed by atoms with E-state index in [0.29, 0.717) is 17.9 Å². The van der Waals surface area contributed by atoms with Gasteiger partial charge in [-0.05, 0) is 0 Å². The molecule has 15 heavy (non-hydrogen) atoms. The van der Waals surface area contributed by atoms with Crippen molar-refractivity contribution in [2.75, 3.05) is 20.3 Å². The van der Waals surface area contributed by atoms with Crippen LogP contribution < -0.4 is 0 Å². The van der Waals surface area contributed by atoms with Gasteiger partial charge in [-0.15, -0.1) is 0 Å². The van der Waals surface area contributed by atoms with E-state index in [9.17, 15) is 0 Å². The van der Waals surface area contributed by atoms with E-state index in [1.54, 1.807) is 7.11 Å². The van der Waals surface area contributed by atoms with Gasteiger partial charge in [-0.3, -0.25) is 0 Å². The van der Waals surface area contributed by atoms with Crippen LogP contribution in [0.15, 0.2) is 0 Å². The maximum atomic E-state index is 5.35. The summed E-state index contributed by atoms with van der Waals surface area (Å²) < 4.78 is 11.0. The quantitative estimate of drug-likeness (QED) is 0.791. The van der Waals surface area contributed by atoms with Gasteiger partial charge in [0, 0.05) is 31.2 Å². The summed E-state index contributed by atoms with van der Waals surface area (Å²) in [6.07, 6.45) is 1.66. The number of hydrogen-bond acceptors (Lipinski definition) is 4. The smallest absolute Gasteiger partial charge is 0.135 e. The number of ether oxygens (including phenoxy) is 2. The van der Waals surface area contributed by atoms with Gasteiger partial charge < -0.3 is 14.5 Å². The molecule has 82 valence electrons. The molecule has 1 aromatic rings. The predicted molar refractivity (Wildman–Crippen MR) is 58.4 cm³/mol. The molecule has 4 nitrogen and oxygen atoms in total. The zero-order chi connectivity index (χ0) is 10.7. The zero-order valence-corrected chi connectivity index (χ0v) is 9.52. The third-order valence-corrected chi connectivity index (χ3v) is 2.78. The van der Waals surface area contributed by atoms with Gasteiger partial charge in [0.25, 0.3) is 0 Å². The Labute approximate surface area is 93.6 Å². The third kappa shape index (κ3) is 2.42. The third-order valence-electron chi connectivity index (χ3n) is 2.44. The Morgan fingerprint density at radius 3 is 3.27 bits per heavy atom. The number of hydrogen-bond donors (Lipinski definition) is 1. The van der Waals surface area contributed by atoms with Crippen molar-refractivity contribution in [1.29, 1.82) is 0 Å². The maximum absolute atomic E-state index is 5.35. The van der Waals surface area contributed by atoms with Gasteiger partial charge in [-0.25, -0.2) is 4.98 Å². The van der Waals surface area contributed by atoms with Crippen molar-refractivity contribution >= 4 is 12.2 Å². The largest absolute Gasteiger partial charge is 0.384 e. The van der Waals surface area contributed by atoms with E-state index in [2.05, 4.69) is 9.97 Å². The molecule has 0 unspecified atom stereocenters. The first-order valence-corrected chi connectivity index (χ1v) is 5.39. The maximum Gasteiger partial charge on any atom is 0.135 e. The highest BCUT2D eigenvalue weighted by molar-refractivity contribution is 7.71. The van der Waals surface area contributed by atoms with E-state index in [0.717, 1.165) is 30.8 Å². The lowest BCUT2D eigenvalue weighted by Crippen LogP contribution is -2.15. The lowest BCUT2D eigenvalue weighted by molar-refractivity contribution is 0.108. The van der Waals surface area contributed by atoms with Crippen LogP contribution in [0.2, 0.25) is 0 Å². The second-order valence-electron chi connectivity index (χ2n) is 3.49. The summed E-state index contributed by atoms with van der Waals surface area (Å²) >= 11 is 5.22. The molecular weight excluding hydrogens is 212 g/mol. The number of methoxy groups -OCH3 is 1. The van der Waals surface area contributed by atoms with Gasteiger partial charge >= 0.3 is 0 Å². The Morgan fingerprint density at radius 1 is 1.60 bits per heavy atom. The van der Waals surface area contributed by atoms with E-state index in [4.69, 9.17) is 21.7 Å². The number of rotatable bonds is 3. The van der Waals surface area contributed by atoms with Crippen molar-refractivity contribution in [3.8, 4) is 0 Å². The summed E-state index contributed by atoms with van der Waals surface area (Å²) in [5, 5.41) is 0. The second kappa shape index (κ2) is 4.83. The first-order valence-electron chi connectivity index (χ1n) is 4.99. The molecule has 0 radical (unpaired) electrons. The van der Waals surface area contributed by atoms with E-state index in [1.807, 2.05) is 0 Å². The van der Waals surface area contributed by atoms with Crippen LogP contribution >= 0.6 is 12.2 Å². The molecule has 0 aromatic carbocycles. The Morgan fingerprint density at radius 2 is 2.47 bits per heavy atom. The highest BCUT2D eigenvalue weighted by atomic mass is 32.1. The zero-order valence-electron chi connectivity index (χ0n) is 8.71. The molecule has 1 aliphatic rings. The van der Waals surface area contributed by atoms with Crippen LogP contribution in [0.1, 0.15) is 17.1 Å². The molecule has 5 heteroatoms. The van der Waals surface area contributed by atoms with Gasteiger partial charge in [0.05, 0.1) is 19.8 Å². The van der Waals surface area contributed by atoms with Crippen LogP contribution in [0.3, 0.4) is 0 Å². The Hall–Kier alpha value is -0.780. The summed E-state index contributed by atoms with van der Waals surface area (Å²) in [6, 6.07) is 0. The molecule has 1 aromatic heterocycles. The highest BCUT2D eigenvalue weighted by Crippen LogP contribution is 2.15. The molecule has 1 aliphatic heterocycles. The number of nitrogens with zero attached hydrogens (tertiary/aromatic N) is 1. The molecule has 1 N–H and O–H groups in total. The summed E-state index contributed by atoms with van der Waals surface area (Å²) in [7, 11) is 1.68. The number of nitrogens with one attached hydrogen (secondary N) is 1. The highest BCUT2D eigenvalue weighted by Gasteiger charge is 2.13. The molecule has 0 fully saturated rings. The van der Waals surface area contributed by atoms with Crippen molar-refractivity contribution in [1.82, 2.24) is 9.97 Å². The summed E-state index contributed by atoms with van der Waals surface area (Å²) in [4.78, 5) is 7.63. The van der Waals surface area contributed by atoms with E-state index in [-0.39, 0.29) is 0 Å². The second-order valence-corrected chi connectivity index (χ2v) is 3.88. The van der Waals surface area contributed by atoms with E-state index >= 15 is 0 Å². The van der Waals surface area contributed by atoms with Crippen LogP contribution in [0.25, 0.3) is 0 Å². The summed E-state index contributed by atoms with van der Waals surface area (Å²) in [6.45, 7) is 2.00. The van der Waals surface area contributed by atoms with Crippen LogP contribution in [-0.2, 0) is 28.9 Å². The molecule has 0 atom stereocenters. The van der Waals surface area contributed by atoms with Crippen molar-refractivity contribution in [3.63, 3.8) is 0 Å². The predicted octanol–water partition coefficient (Wildman–Crippen LogP) is 1.40. The van der Waals surface area contributed by atoms with Gasteiger partial charge in [0.1, 0.15) is 10.5 Å². The van der Waals surface area contributed by atoms with Crippen LogP contribution in [0, 0.1) is 4.64 Å². The molecule has 2 heterocycles. The van der Waals surface area contributed by atoms with Crippen molar-refractivity contribution in [2.24, 2.45) is 0 Å². The van der Waals surface area contributed by atoms with Crippen molar-refractivity contribution < 1.29 is 9.47 Å². The average Bonchev–Trinajstić information content (AvgIpc) is 2.26. The fourth-order valence-corrected chi connectivity index (χ4v) is 1.92. The topological polar surface area (TPSA) is 47.1 Å². The molecule has 0 amide bonds. The normalized spacial score (nSPS) is 15.0. The Balaban J connectivity index is 2.28. The van der Waals surface area contributed by atoms with Gasteiger partial charge in [-0.1, -0.05) is 12.2 Å². The van der Waals surface area contributed by atoms with Crippen LogP contribution in [0.5, 0.6) is 0 Å². The standard InChI is InChI=1S/C10H14N2O2S/c1-13-4-3-9-11-8-2-5-14-6-7(8)10(15)12-9/h2-6H2,1H3,(H,11,12,15). The molecule has 0 aliphatic carbocycles. The lowest BCUT2D eigenvalue weighted by Gasteiger charge is -2.16. The minimum absolute atomic E-state index is 0.586. The van der Waals surface area contributed by atoms with Gasteiger partial charge in [0.2, 0.25) is 0 Å². The van der Waals surface area contributed by atoms with Crippen molar-refractivity contribution in [2.45, 2.75) is 19.4 Å². The van der Waals surface area contributed by atoms with E-state index < -0.39 is 0 Å². The van der Waals surface area contributed by atoms with E-state index in [1.165, 1.54) is 5.69 Å². The molecular formula is C10H14N2O2S. The number of aromatic nitrogens is 2. The molecule has 0 saturated carbocycles. The number of fused-ring (bicyclic) bond motifs is 1. The fourth-order valence-electron chi connectivity index (χ4n) is 1.62.